The van der Waals surface area contributed by atoms with Gasteiger partial charge in [-0.25, -0.2) is 0 Å². The third-order valence-electron chi connectivity index (χ3n) is 13.1. The molecule has 12 rings (SSSR count). The molecule has 0 saturated heterocycles. The third-order valence-corrected chi connectivity index (χ3v) is 13.1. The Labute approximate surface area is 332 Å². The van der Waals surface area contributed by atoms with E-state index < -0.39 is 0 Å². The van der Waals surface area contributed by atoms with Crippen LogP contribution in [0.5, 0.6) is 11.5 Å². The summed E-state index contributed by atoms with van der Waals surface area (Å²) in [6.07, 6.45) is 4.14. The molecule has 0 N–H and O–H groups in total. The van der Waals surface area contributed by atoms with Crippen molar-refractivity contribution in [3.63, 3.8) is 0 Å². The Balaban J connectivity index is 1.01. The van der Waals surface area contributed by atoms with E-state index in [2.05, 4.69) is 149 Å². The van der Waals surface area contributed by atoms with Crippen molar-refractivity contribution in [2.24, 2.45) is 0 Å². The smallest absolute Gasteiger partial charge is 0.119 e. The summed E-state index contributed by atoms with van der Waals surface area (Å²) >= 11 is 0. The van der Waals surface area contributed by atoms with Crippen LogP contribution >= 0.6 is 0 Å². The summed E-state index contributed by atoms with van der Waals surface area (Å²) in [5.41, 5.74) is 18.0. The predicted molar refractivity (Wildman–Crippen MR) is 225 cm³/mol. The van der Waals surface area contributed by atoms with E-state index >= 15 is 0 Å². The van der Waals surface area contributed by atoms with Crippen molar-refractivity contribution in [3.05, 3.63) is 177 Å². The van der Waals surface area contributed by atoms with Crippen LogP contribution in [0.15, 0.2) is 121 Å². The zero-order chi connectivity index (χ0) is 38.3. The lowest BCUT2D eigenvalue weighted by Crippen LogP contribution is -2.23. The van der Waals surface area contributed by atoms with Crippen molar-refractivity contribution in [3.8, 4) is 33.8 Å². The molecule has 12 bridgehead atoms. The lowest BCUT2D eigenvalue weighted by Gasteiger charge is -2.30. The molecule has 284 valence electrons. The first kappa shape index (κ1) is 36.5. The average molecular weight is 741 g/mol. The maximum atomic E-state index is 6.36. The van der Waals surface area contributed by atoms with Crippen LogP contribution in [0, 0.1) is 0 Å². The zero-order valence-electron chi connectivity index (χ0n) is 33.3. The number of hydrogen-bond donors (Lipinski definition) is 0. The van der Waals surface area contributed by atoms with Crippen molar-refractivity contribution in [2.45, 2.75) is 104 Å². The summed E-state index contributed by atoms with van der Waals surface area (Å²) in [5, 5.41) is 0. The van der Waals surface area contributed by atoms with Crippen LogP contribution in [-0.2, 0) is 59.9 Å². The van der Waals surface area contributed by atoms with E-state index in [0.29, 0.717) is 39.6 Å². The molecule has 0 saturated carbocycles. The fraction of sp³-hybridized carbons (Fsp3) is 0.308. The molecule has 0 amide bonds. The first-order valence-corrected chi connectivity index (χ1v) is 20.6. The molecular weight excluding hydrogens is 689 g/mol. The van der Waals surface area contributed by atoms with Gasteiger partial charge < -0.3 is 18.9 Å². The van der Waals surface area contributed by atoms with Crippen LogP contribution in [0.2, 0.25) is 0 Å². The second-order valence-electron chi connectivity index (χ2n) is 15.9. The SMILES string of the molecule is CCC1(CC)c2cc3ccc2-c2ccc(cc21)COCc1ccc(cc1)OCc1ccc2c(c1)C(CC)(CC)c1cc(ccc1-2)COc1ccc(cc1)COC3. The van der Waals surface area contributed by atoms with Crippen molar-refractivity contribution in [2.75, 3.05) is 0 Å². The topological polar surface area (TPSA) is 36.9 Å². The van der Waals surface area contributed by atoms with E-state index in [1.807, 2.05) is 0 Å². The van der Waals surface area contributed by atoms with Gasteiger partial charge >= 0.3 is 0 Å². The molecule has 4 heteroatoms. The van der Waals surface area contributed by atoms with Gasteiger partial charge in [-0.1, -0.05) is 125 Å². The van der Waals surface area contributed by atoms with Crippen LogP contribution in [-0.4, -0.2) is 0 Å². The van der Waals surface area contributed by atoms with Crippen LogP contribution in [0.1, 0.15) is 109 Å². The van der Waals surface area contributed by atoms with Gasteiger partial charge in [-0.2, -0.15) is 0 Å². The summed E-state index contributed by atoms with van der Waals surface area (Å²) < 4.78 is 25.3. The molecule has 0 radical (unpaired) electrons. The minimum atomic E-state index is -0.0430. The lowest BCUT2D eigenvalue weighted by atomic mass is 9.73. The van der Waals surface area contributed by atoms with Gasteiger partial charge in [0.05, 0.1) is 26.4 Å². The van der Waals surface area contributed by atoms with Crippen molar-refractivity contribution in [1.82, 2.24) is 0 Å². The van der Waals surface area contributed by atoms with E-state index in [9.17, 15) is 0 Å². The van der Waals surface area contributed by atoms with E-state index in [1.54, 1.807) is 0 Å². The summed E-state index contributed by atoms with van der Waals surface area (Å²) in [5.74, 6) is 1.73. The van der Waals surface area contributed by atoms with E-state index in [-0.39, 0.29) is 10.8 Å². The van der Waals surface area contributed by atoms with Gasteiger partial charge in [0.2, 0.25) is 0 Å². The molecule has 2 aliphatic carbocycles. The van der Waals surface area contributed by atoms with Crippen LogP contribution in [0.4, 0.5) is 0 Å². The molecule has 0 spiro atoms. The highest BCUT2D eigenvalue weighted by molar-refractivity contribution is 5.83. The highest BCUT2D eigenvalue weighted by Gasteiger charge is 2.42. The quantitative estimate of drug-likeness (QED) is 0.180. The molecule has 0 fully saturated rings. The predicted octanol–water partition coefficient (Wildman–Crippen LogP) is 12.8. The summed E-state index contributed by atoms with van der Waals surface area (Å²) in [4.78, 5) is 0. The minimum Gasteiger partial charge on any atom is -0.489 e. The van der Waals surface area contributed by atoms with Gasteiger partial charge in [-0.15, -0.1) is 0 Å². The second-order valence-corrected chi connectivity index (χ2v) is 15.9. The average Bonchev–Trinajstić information content (AvgIpc) is 3.68. The minimum absolute atomic E-state index is 0.0267. The van der Waals surface area contributed by atoms with E-state index in [1.165, 1.54) is 66.8 Å². The Morgan fingerprint density at radius 1 is 0.339 bits per heavy atom. The molecule has 0 atom stereocenters. The molecule has 6 aromatic rings. The Morgan fingerprint density at radius 3 is 0.911 bits per heavy atom. The monoisotopic (exact) mass is 740 g/mol. The molecule has 6 aromatic carbocycles. The van der Waals surface area contributed by atoms with Gasteiger partial charge in [-0.3, -0.25) is 0 Å². The second kappa shape index (κ2) is 15.1. The Hall–Kier alpha value is -5.16. The number of ether oxygens (including phenoxy) is 4. The van der Waals surface area contributed by atoms with Gasteiger partial charge in [0, 0.05) is 10.8 Å². The number of hydrogen-bond acceptors (Lipinski definition) is 4. The molecule has 4 heterocycles. The molecule has 56 heavy (non-hydrogen) atoms. The fourth-order valence-electron chi connectivity index (χ4n) is 9.83. The maximum Gasteiger partial charge on any atom is 0.119 e. The molecule has 4 aliphatic heterocycles. The summed E-state index contributed by atoms with van der Waals surface area (Å²) in [7, 11) is 0. The van der Waals surface area contributed by atoms with Crippen LogP contribution in [0.25, 0.3) is 22.3 Å². The summed E-state index contributed by atoms with van der Waals surface area (Å²) in [6.45, 7) is 12.6. The van der Waals surface area contributed by atoms with Gasteiger partial charge in [0.25, 0.3) is 0 Å². The Bertz CT molecular complexity index is 2200. The molecular formula is C52H52O4. The molecule has 4 nitrogen and oxygen atoms in total. The van der Waals surface area contributed by atoms with Crippen LogP contribution in [0.3, 0.4) is 0 Å². The zero-order valence-corrected chi connectivity index (χ0v) is 33.3. The first-order valence-electron chi connectivity index (χ1n) is 20.6. The van der Waals surface area contributed by atoms with Gasteiger partial charge in [0.1, 0.15) is 24.7 Å². The maximum absolute atomic E-state index is 6.36. The van der Waals surface area contributed by atoms with Crippen molar-refractivity contribution >= 4 is 0 Å². The normalized spacial score (nSPS) is 16.5. The highest BCUT2D eigenvalue weighted by atomic mass is 16.5. The highest BCUT2D eigenvalue weighted by Crippen LogP contribution is 2.54. The molecule has 0 aromatic heterocycles. The lowest BCUT2D eigenvalue weighted by molar-refractivity contribution is 0.107. The van der Waals surface area contributed by atoms with Crippen molar-refractivity contribution in [1.29, 1.82) is 0 Å². The molecule has 0 unspecified atom stereocenters. The van der Waals surface area contributed by atoms with Gasteiger partial charge in [0.15, 0.2) is 0 Å². The number of benzene rings is 6. The Kier molecular flexibility index (Phi) is 9.81. The Morgan fingerprint density at radius 2 is 0.607 bits per heavy atom. The van der Waals surface area contributed by atoms with E-state index in [4.69, 9.17) is 18.9 Å². The van der Waals surface area contributed by atoms with Crippen molar-refractivity contribution < 1.29 is 18.9 Å². The summed E-state index contributed by atoms with van der Waals surface area (Å²) in [6, 6.07) is 44.4. The number of fused-ring (bicyclic) bond motifs is 2. The first-order chi connectivity index (χ1) is 27.5. The molecule has 6 aliphatic rings. The van der Waals surface area contributed by atoms with Gasteiger partial charge in [-0.05, 0) is 128 Å². The third kappa shape index (κ3) is 6.33. The van der Waals surface area contributed by atoms with E-state index in [0.717, 1.165) is 48.3 Å². The fourth-order valence-corrected chi connectivity index (χ4v) is 9.83. The standard InChI is InChI=1S/C52H52O4/c1-5-51(6-2)47-25-37-13-21-43(47)44-22-14-38(26-48(44)51)32-54-30-36-11-19-42(20-12-36)56-34-40-16-24-46-45-23-15-39(27-49(45)52(7-3,8-4)50(46)28-40)33-55-41-17-9-35(10-18-41)29-53-31-37/h9-28H,5-8,29-34H2,1-4H3. The largest absolute Gasteiger partial charge is 0.489 e. The number of rotatable bonds is 4. The van der Waals surface area contributed by atoms with Crippen LogP contribution < -0.4 is 9.47 Å².